The topological polar surface area (TPSA) is 3.24 Å². The van der Waals surface area contributed by atoms with Gasteiger partial charge in [-0.15, -0.1) is 0 Å². The Balaban J connectivity index is 2.53. The van der Waals surface area contributed by atoms with Crippen molar-refractivity contribution in [2.24, 2.45) is 0 Å². The number of thiol groups is 1. The van der Waals surface area contributed by atoms with Gasteiger partial charge >= 0.3 is 0 Å². The van der Waals surface area contributed by atoms with Crippen LogP contribution in [0.3, 0.4) is 0 Å². The fourth-order valence-electron chi connectivity index (χ4n) is 1.63. The SMILES string of the molecule is Cc1ccc(CN(C)CCCS)cc1C. The minimum Gasteiger partial charge on any atom is -0.302 e. The van der Waals surface area contributed by atoms with Gasteiger partial charge in [0, 0.05) is 6.54 Å². The molecule has 0 amide bonds. The Morgan fingerprint density at radius 1 is 1.20 bits per heavy atom. The van der Waals surface area contributed by atoms with Gasteiger partial charge in [-0.2, -0.15) is 12.6 Å². The Morgan fingerprint density at radius 2 is 1.93 bits per heavy atom. The van der Waals surface area contributed by atoms with Crippen LogP contribution in [0.1, 0.15) is 23.1 Å². The van der Waals surface area contributed by atoms with E-state index in [1.807, 2.05) is 0 Å². The van der Waals surface area contributed by atoms with Crippen LogP contribution in [-0.2, 0) is 6.54 Å². The summed E-state index contributed by atoms with van der Waals surface area (Å²) in [4.78, 5) is 2.35. The van der Waals surface area contributed by atoms with Crippen LogP contribution in [0.15, 0.2) is 18.2 Å². The van der Waals surface area contributed by atoms with Gasteiger partial charge < -0.3 is 4.90 Å². The lowest BCUT2D eigenvalue weighted by molar-refractivity contribution is 0.328. The van der Waals surface area contributed by atoms with Gasteiger partial charge in [-0.1, -0.05) is 18.2 Å². The van der Waals surface area contributed by atoms with E-state index in [4.69, 9.17) is 0 Å². The first-order valence-corrected chi connectivity index (χ1v) is 6.12. The molecule has 0 unspecified atom stereocenters. The first-order valence-electron chi connectivity index (χ1n) is 5.49. The lowest BCUT2D eigenvalue weighted by atomic mass is 10.1. The van der Waals surface area contributed by atoms with E-state index in [1.165, 1.54) is 16.7 Å². The van der Waals surface area contributed by atoms with Crippen LogP contribution in [0.2, 0.25) is 0 Å². The Hall–Kier alpha value is -0.470. The Bertz CT molecular complexity index is 309. The van der Waals surface area contributed by atoms with Crippen molar-refractivity contribution in [1.29, 1.82) is 0 Å². The van der Waals surface area contributed by atoms with Gasteiger partial charge in [0.15, 0.2) is 0 Å². The summed E-state index contributed by atoms with van der Waals surface area (Å²) >= 11 is 4.22. The fourth-order valence-corrected chi connectivity index (χ4v) is 1.77. The molecule has 0 radical (unpaired) electrons. The smallest absolute Gasteiger partial charge is 0.0230 e. The van der Waals surface area contributed by atoms with E-state index in [-0.39, 0.29) is 0 Å². The molecule has 84 valence electrons. The summed E-state index contributed by atoms with van der Waals surface area (Å²) in [6, 6.07) is 6.71. The number of benzene rings is 1. The molecule has 0 aromatic heterocycles. The summed E-state index contributed by atoms with van der Waals surface area (Å²) in [6.07, 6.45) is 1.16. The summed E-state index contributed by atoms with van der Waals surface area (Å²) in [7, 11) is 2.17. The maximum absolute atomic E-state index is 4.22. The van der Waals surface area contributed by atoms with Crippen molar-refractivity contribution in [2.45, 2.75) is 26.8 Å². The third-order valence-electron chi connectivity index (χ3n) is 2.72. The molecule has 0 saturated heterocycles. The summed E-state index contributed by atoms with van der Waals surface area (Å²) < 4.78 is 0. The van der Waals surface area contributed by atoms with Crippen molar-refractivity contribution < 1.29 is 0 Å². The maximum atomic E-state index is 4.22. The first kappa shape index (κ1) is 12.6. The molecule has 0 bridgehead atoms. The lowest BCUT2D eigenvalue weighted by Gasteiger charge is -2.16. The van der Waals surface area contributed by atoms with E-state index in [1.54, 1.807) is 0 Å². The molecule has 15 heavy (non-hydrogen) atoms. The van der Waals surface area contributed by atoms with Crippen molar-refractivity contribution in [1.82, 2.24) is 4.90 Å². The van der Waals surface area contributed by atoms with Gasteiger partial charge in [0.1, 0.15) is 0 Å². The highest BCUT2D eigenvalue weighted by Crippen LogP contribution is 2.11. The summed E-state index contributed by atoms with van der Waals surface area (Å²) in [5.41, 5.74) is 4.16. The predicted octanol–water partition coefficient (Wildman–Crippen LogP) is 3.06. The van der Waals surface area contributed by atoms with Gasteiger partial charge in [0.25, 0.3) is 0 Å². The molecule has 1 rings (SSSR count). The van der Waals surface area contributed by atoms with Gasteiger partial charge in [0.05, 0.1) is 0 Å². The van der Waals surface area contributed by atoms with E-state index in [0.29, 0.717) is 0 Å². The van der Waals surface area contributed by atoms with Crippen molar-refractivity contribution >= 4 is 12.6 Å². The number of rotatable bonds is 5. The molecule has 1 aromatic carbocycles. The first-order chi connectivity index (χ1) is 7.13. The molecule has 0 aliphatic heterocycles. The highest BCUT2D eigenvalue weighted by atomic mass is 32.1. The molecular weight excluding hydrogens is 202 g/mol. The molecule has 0 aliphatic carbocycles. The molecular formula is C13H21NS. The zero-order chi connectivity index (χ0) is 11.3. The zero-order valence-electron chi connectivity index (χ0n) is 9.95. The molecule has 2 heteroatoms. The van der Waals surface area contributed by atoms with E-state index in [9.17, 15) is 0 Å². The van der Waals surface area contributed by atoms with Gasteiger partial charge in [-0.05, 0) is 56.3 Å². The van der Waals surface area contributed by atoms with E-state index < -0.39 is 0 Å². The molecule has 0 heterocycles. The third-order valence-corrected chi connectivity index (χ3v) is 3.04. The Kier molecular flexibility index (Phi) is 5.20. The Morgan fingerprint density at radius 3 is 2.53 bits per heavy atom. The average Bonchev–Trinajstić information content (AvgIpc) is 2.20. The van der Waals surface area contributed by atoms with Crippen LogP contribution in [0.5, 0.6) is 0 Å². The second-order valence-corrected chi connectivity index (χ2v) is 4.68. The second-order valence-electron chi connectivity index (χ2n) is 4.23. The van der Waals surface area contributed by atoms with E-state index >= 15 is 0 Å². The van der Waals surface area contributed by atoms with E-state index in [0.717, 1.165) is 25.3 Å². The third kappa shape index (κ3) is 4.27. The maximum Gasteiger partial charge on any atom is 0.0230 e. The fraction of sp³-hybridized carbons (Fsp3) is 0.538. The standard InChI is InChI=1S/C13H21NS/c1-11-5-6-13(9-12(11)2)10-14(3)7-4-8-15/h5-6,9,15H,4,7-8,10H2,1-3H3. The average molecular weight is 223 g/mol. The van der Waals surface area contributed by atoms with Gasteiger partial charge in [0.2, 0.25) is 0 Å². The van der Waals surface area contributed by atoms with Crippen LogP contribution >= 0.6 is 12.6 Å². The van der Waals surface area contributed by atoms with Crippen molar-refractivity contribution in [3.63, 3.8) is 0 Å². The Labute approximate surface area is 98.9 Å². The van der Waals surface area contributed by atoms with Crippen molar-refractivity contribution in [3.8, 4) is 0 Å². The van der Waals surface area contributed by atoms with Crippen LogP contribution in [-0.4, -0.2) is 24.2 Å². The minimum atomic E-state index is 0.970. The van der Waals surface area contributed by atoms with Gasteiger partial charge in [-0.25, -0.2) is 0 Å². The molecule has 0 spiro atoms. The summed E-state index contributed by atoms with van der Waals surface area (Å²) in [5.74, 6) is 0.970. The minimum absolute atomic E-state index is 0.970. The van der Waals surface area contributed by atoms with Crippen LogP contribution in [0, 0.1) is 13.8 Å². The normalized spacial score (nSPS) is 11.0. The van der Waals surface area contributed by atoms with E-state index in [2.05, 4.69) is 56.6 Å². The number of hydrogen-bond acceptors (Lipinski definition) is 2. The van der Waals surface area contributed by atoms with Crippen LogP contribution in [0.25, 0.3) is 0 Å². The van der Waals surface area contributed by atoms with Crippen LogP contribution in [0.4, 0.5) is 0 Å². The molecule has 0 aliphatic rings. The molecule has 1 aromatic rings. The second kappa shape index (κ2) is 6.19. The molecule has 0 fully saturated rings. The van der Waals surface area contributed by atoms with Gasteiger partial charge in [-0.3, -0.25) is 0 Å². The quantitative estimate of drug-likeness (QED) is 0.751. The van der Waals surface area contributed by atoms with Crippen molar-refractivity contribution in [3.05, 3.63) is 34.9 Å². The zero-order valence-corrected chi connectivity index (χ0v) is 10.8. The molecule has 0 atom stereocenters. The molecule has 0 saturated carbocycles. The number of hydrogen-bond donors (Lipinski definition) is 1. The van der Waals surface area contributed by atoms with Crippen molar-refractivity contribution in [2.75, 3.05) is 19.3 Å². The largest absolute Gasteiger partial charge is 0.302 e. The lowest BCUT2D eigenvalue weighted by Crippen LogP contribution is -2.19. The summed E-state index contributed by atoms with van der Waals surface area (Å²) in [5, 5.41) is 0. The predicted molar refractivity (Wildman–Crippen MR) is 70.7 cm³/mol. The highest BCUT2D eigenvalue weighted by Gasteiger charge is 2.01. The molecule has 1 nitrogen and oxygen atoms in total. The number of nitrogens with zero attached hydrogens (tertiary/aromatic N) is 1. The number of aryl methyl sites for hydroxylation is 2. The highest BCUT2D eigenvalue weighted by molar-refractivity contribution is 7.80. The monoisotopic (exact) mass is 223 g/mol. The molecule has 0 N–H and O–H groups in total. The van der Waals surface area contributed by atoms with Crippen LogP contribution < -0.4 is 0 Å². The summed E-state index contributed by atoms with van der Waals surface area (Å²) in [6.45, 7) is 6.49.